The van der Waals surface area contributed by atoms with E-state index in [0.717, 1.165) is 57.3 Å². The van der Waals surface area contributed by atoms with Gasteiger partial charge in [-0.3, -0.25) is 9.69 Å². The number of urea groups is 1. The zero-order valence-corrected chi connectivity index (χ0v) is 24.3. The molecule has 1 N–H and O–H groups in total. The van der Waals surface area contributed by atoms with Gasteiger partial charge in [0.25, 0.3) is 0 Å². The van der Waals surface area contributed by atoms with Crippen LogP contribution in [0.5, 0.6) is 0 Å². The number of carbonyl (C=O) groups is 2. The maximum Gasteiger partial charge on any atom is 0.416 e. The molecule has 2 aliphatic rings. The number of anilines is 1. The van der Waals surface area contributed by atoms with E-state index in [1.165, 1.54) is 23.3 Å². The van der Waals surface area contributed by atoms with Crippen LogP contribution >= 0.6 is 0 Å². The van der Waals surface area contributed by atoms with Gasteiger partial charge >= 0.3 is 12.2 Å². The number of nitrogens with zero attached hydrogens (tertiary/aromatic N) is 3. The molecule has 3 amide bonds. The molecule has 1 aliphatic carbocycles. The largest absolute Gasteiger partial charge is 0.416 e. The van der Waals surface area contributed by atoms with Crippen LogP contribution < -0.4 is 5.32 Å². The zero-order valence-electron chi connectivity index (χ0n) is 24.3. The zero-order chi connectivity index (χ0) is 30.2. The molecule has 0 spiro atoms. The predicted octanol–water partition coefficient (Wildman–Crippen LogP) is 7.20. The number of nitrogens with one attached hydrogen (secondary N) is 1. The van der Waals surface area contributed by atoms with Crippen molar-refractivity contribution in [1.29, 1.82) is 0 Å². The second kappa shape index (κ2) is 14.1. The molecular weight excluding hydrogens is 553 g/mol. The maximum atomic E-state index is 13.4. The van der Waals surface area contributed by atoms with Crippen LogP contribution in [-0.2, 0) is 11.0 Å². The van der Waals surface area contributed by atoms with Gasteiger partial charge in [-0.15, -0.1) is 0 Å². The molecule has 0 radical (unpaired) electrons. The summed E-state index contributed by atoms with van der Waals surface area (Å²) in [6, 6.07) is 25.0. The molecule has 3 aromatic carbocycles. The highest BCUT2D eigenvalue weighted by Gasteiger charge is 2.32. The number of benzene rings is 3. The molecule has 2 fully saturated rings. The number of hydrogen-bond acceptors (Lipinski definition) is 3. The first-order valence-electron chi connectivity index (χ1n) is 15.2. The van der Waals surface area contributed by atoms with E-state index >= 15 is 0 Å². The van der Waals surface area contributed by atoms with Crippen molar-refractivity contribution >= 4 is 17.6 Å². The molecule has 0 atom stereocenters. The van der Waals surface area contributed by atoms with Crippen molar-refractivity contribution in [3.8, 4) is 0 Å². The van der Waals surface area contributed by atoms with Crippen LogP contribution in [0.1, 0.15) is 61.3 Å². The molecule has 0 aromatic heterocycles. The summed E-state index contributed by atoms with van der Waals surface area (Å²) in [6.45, 7) is 2.86. The summed E-state index contributed by atoms with van der Waals surface area (Å²) in [4.78, 5) is 32.7. The first kappa shape index (κ1) is 30.6. The Balaban J connectivity index is 1.21. The highest BCUT2D eigenvalue weighted by atomic mass is 19.4. The summed E-state index contributed by atoms with van der Waals surface area (Å²) in [6.07, 6.45) is 0.383. The summed E-state index contributed by atoms with van der Waals surface area (Å²) in [7, 11) is 0. The van der Waals surface area contributed by atoms with Gasteiger partial charge in [-0.2, -0.15) is 13.2 Å². The standard InChI is InChI=1S/C34H39F3N4O2/c35-34(36,37)28-15-10-16-29(25-28)38-33(43)41(30-17-8-3-9-18-30)20-19-31(42)39-21-23-40(24-22-39)32(26-11-4-1-5-12-26)27-13-6-2-7-14-27/h1-2,4-7,10-16,25,30,32H,3,8-9,17-24H2,(H,38,43). The van der Waals surface area contributed by atoms with Gasteiger partial charge in [0.1, 0.15) is 0 Å². The Hall–Kier alpha value is -3.85. The van der Waals surface area contributed by atoms with E-state index < -0.39 is 17.8 Å². The topological polar surface area (TPSA) is 55.9 Å². The smallest absolute Gasteiger partial charge is 0.340 e. The van der Waals surface area contributed by atoms with Crippen LogP contribution in [0.25, 0.3) is 0 Å². The van der Waals surface area contributed by atoms with Crippen molar-refractivity contribution in [2.24, 2.45) is 0 Å². The maximum absolute atomic E-state index is 13.4. The van der Waals surface area contributed by atoms with Crippen LogP contribution in [0.4, 0.5) is 23.7 Å². The monoisotopic (exact) mass is 592 g/mol. The second-order valence-corrected chi connectivity index (χ2v) is 11.4. The number of halogens is 3. The SMILES string of the molecule is O=C(CCN(C(=O)Nc1cccc(C(F)(F)F)c1)C1CCCCC1)N1CCN(C(c2ccccc2)c2ccccc2)CC1. The van der Waals surface area contributed by atoms with Crippen molar-refractivity contribution in [2.45, 2.75) is 56.8 Å². The lowest BCUT2D eigenvalue weighted by Crippen LogP contribution is -2.51. The van der Waals surface area contributed by atoms with Crippen molar-refractivity contribution in [3.05, 3.63) is 102 Å². The van der Waals surface area contributed by atoms with E-state index in [9.17, 15) is 22.8 Å². The second-order valence-electron chi connectivity index (χ2n) is 11.4. The van der Waals surface area contributed by atoms with Gasteiger partial charge in [-0.1, -0.05) is 86.0 Å². The average molecular weight is 593 g/mol. The van der Waals surface area contributed by atoms with Crippen LogP contribution in [0, 0.1) is 0 Å². The number of carbonyl (C=O) groups excluding carboxylic acids is 2. The lowest BCUT2D eigenvalue weighted by Gasteiger charge is -2.40. The molecule has 228 valence electrons. The number of alkyl halides is 3. The molecule has 1 aliphatic heterocycles. The molecule has 1 saturated carbocycles. The molecule has 43 heavy (non-hydrogen) atoms. The highest BCUT2D eigenvalue weighted by molar-refractivity contribution is 5.90. The minimum Gasteiger partial charge on any atom is -0.340 e. The van der Waals surface area contributed by atoms with Gasteiger partial charge in [0.2, 0.25) is 5.91 Å². The third kappa shape index (κ3) is 7.96. The number of rotatable bonds is 8. The van der Waals surface area contributed by atoms with Gasteiger partial charge < -0.3 is 15.1 Å². The third-order valence-corrected chi connectivity index (χ3v) is 8.55. The number of piperazine rings is 1. The van der Waals surface area contributed by atoms with Crippen LogP contribution in [-0.4, -0.2) is 65.4 Å². The molecule has 1 heterocycles. The first-order valence-corrected chi connectivity index (χ1v) is 15.2. The van der Waals surface area contributed by atoms with Gasteiger partial charge in [0, 0.05) is 50.9 Å². The predicted molar refractivity (Wildman–Crippen MR) is 162 cm³/mol. The molecular formula is C34H39F3N4O2. The summed E-state index contributed by atoms with van der Waals surface area (Å²) in [5.74, 6) is -0.0108. The fraction of sp³-hybridized carbons (Fsp3) is 0.412. The molecule has 0 bridgehead atoms. The fourth-order valence-corrected chi connectivity index (χ4v) is 6.30. The van der Waals surface area contributed by atoms with Crippen molar-refractivity contribution in [1.82, 2.24) is 14.7 Å². The van der Waals surface area contributed by atoms with Gasteiger partial charge in [0.15, 0.2) is 0 Å². The Kier molecular flexibility index (Phi) is 10.0. The lowest BCUT2D eigenvalue weighted by atomic mass is 9.94. The first-order chi connectivity index (χ1) is 20.8. The molecule has 5 rings (SSSR count). The molecule has 6 nitrogen and oxygen atoms in total. The number of hydrogen-bond donors (Lipinski definition) is 1. The number of amides is 3. The Morgan fingerprint density at radius 3 is 2.00 bits per heavy atom. The Bertz CT molecular complexity index is 1300. The van der Waals surface area contributed by atoms with Gasteiger partial charge in [-0.05, 0) is 42.2 Å². The van der Waals surface area contributed by atoms with E-state index in [-0.39, 0.29) is 36.6 Å². The minimum absolute atomic E-state index is 0.0108. The van der Waals surface area contributed by atoms with Crippen LogP contribution in [0.3, 0.4) is 0 Å². The van der Waals surface area contributed by atoms with Gasteiger partial charge in [-0.25, -0.2) is 4.79 Å². The van der Waals surface area contributed by atoms with E-state index in [0.29, 0.717) is 13.1 Å². The van der Waals surface area contributed by atoms with E-state index in [1.807, 2.05) is 41.3 Å². The summed E-state index contributed by atoms with van der Waals surface area (Å²) >= 11 is 0. The van der Waals surface area contributed by atoms with Crippen molar-refractivity contribution < 1.29 is 22.8 Å². The van der Waals surface area contributed by atoms with E-state index in [1.54, 1.807) is 4.90 Å². The summed E-state index contributed by atoms with van der Waals surface area (Å²) in [5.41, 5.74) is 1.70. The normalized spacial score (nSPS) is 16.7. The third-order valence-electron chi connectivity index (χ3n) is 8.55. The van der Waals surface area contributed by atoms with Crippen molar-refractivity contribution in [3.63, 3.8) is 0 Å². The van der Waals surface area contributed by atoms with Gasteiger partial charge in [0.05, 0.1) is 11.6 Å². The highest BCUT2D eigenvalue weighted by Crippen LogP contribution is 2.32. The minimum atomic E-state index is -4.50. The van der Waals surface area contributed by atoms with E-state index in [4.69, 9.17) is 0 Å². The fourth-order valence-electron chi connectivity index (χ4n) is 6.30. The lowest BCUT2D eigenvalue weighted by molar-refractivity contribution is -0.137. The van der Waals surface area contributed by atoms with E-state index in [2.05, 4.69) is 34.5 Å². The van der Waals surface area contributed by atoms with Crippen molar-refractivity contribution in [2.75, 3.05) is 38.0 Å². The molecule has 0 unspecified atom stereocenters. The molecule has 1 saturated heterocycles. The summed E-state index contributed by atoms with van der Waals surface area (Å²) in [5, 5.41) is 2.66. The molecule has 9 heteroatoms. The Morgan fingerprint density at radius 2 is 1.42 bits per heavy atom. The van der Waals surface area contributed by atoms with Crippen LogP contribution in [0.15, 0.2) is 84.9 Å². The molecule has 3 aromatic rings. The quantitative estimate of drug-likeness (QED) is 0.301. The Morgan fingerprint density at radius 1 is 0.814 bits per heavy atom. The average Bonchev–Trinajstić information content (AvgIpc) is 3.03. The summed E-state index contributed by atoms with van der Waals surface area (Å²) < 4.78 is 39.6. The van der Waals surface area contributed by atoms with Crippen LogP contribution in [0.2, 0.25) is 0 Å². The Labute approximate surface area is 251 Å².